The summed E-state index contributed by atoms with van der Waals surface area (Å²) in [7, 11) is 0. The van der Waals surface area contributed by atoms with E-state index in [1.807, 2.05) is 26.8 Å². The van der Waals surface area contributed by atoms with Gasteiger partial charge in [-0.2, -0.15) is 0 Å². The number of nitrogens with zero attached hydrogens (tertiary/aromatic N) is 3. The maximum atomic E-state index is 4.37. The summed E-state index contributed by atoms with van der Waals surface area (Å²) < 4.78 is 1.73. The van der Waals surface area contributed by atoms with Gasteiger partial charge in [-0.25, -0.2) is 4.99 Å². The van der Waals surface area contributed by atoms with Crippen molar-refractivity contribution in [2.45, 2.75) is 26.8 Å². The van der Waals surface area contributed by atoms with Crippen molar-refractivity contribution in [1.82, 2.24) is 4.31 Å². The smallest absolute Gasteiger partial charge is 0.102 e. The lowest BCUT2D eigenvalue weighted by molar-refractivity contribution is 0.639. The molecule has 0 saturated carbocycles. The van der Waals surface area contributed by atoms with Gasteiger partial charge in [-0.1, -0.05) is 25.5 Å². The Morgan fingerprint density at radius 3 is 2.93 bits per heavy atom. The molecule has 1 aliphatic rings. The molecule has 1 unspecified atom stereocenters. The zero-order valence-corrected chi connectivity index (χ0v) is 9.62. The summed E-state index contributed by atoms with van der Waals surface area (Å²) in [6.45, 7) is 9.61. The summed E-state index contributed by atoms with van der Waals surface area (Å²) in [5.41, 5.74) is 2.59. The molecule has 4 heteroatoms. The molecule has 0 aromatic heterocycles. The molecular weight excluding hydrogens is 194 g/mol. The lowest BCUT2D eigenvalue weighted by Crippen LogP contribution is -2.36. The third-order valence-corrected chi connectivity index (χ3v) is 2.40. The van der Waals surface area contributed by atoms with E-state index in [0.29, 0.717) is 0 Å². The van der Waals surface area contributed by atoms with Gasteiger partial charge in [-0.3, -0.25) is 4.99 Å². The number of allylic oxidation sites excluding steroid dienone is 2. The van der Waals surface area contributed by atoms with E-state index in [-0.39, 0.29) is 6.04 Å². The van der Waals surface area contributed by atoms with Crippen molar-refractivity contribution in [2.75, 3.05) is 0 Å². The van der Waals surface area contributed by atoms with E-state index in [0.717, 1.165) is 17.1 Å². The second-order valence-corrected chi connectivity index (χ2v) is 3.67. The van der Waals surface area contributed by atoms with Gasteiger partial charge in [0, 0.05) is 5.70 Å². The molecule has 0 aromatic rings. The van der Waals surface area contributed by atoms with Gasteiger partial charge >= 0.3 is 0 Å². The monoisotopic (exact) mass is 209 g/mol. The van der Waals surface area contributed by atoms with Crippen molar-refractivity contribution >= 4 is 24.9 Å². The van der Waals surface area contributed by atoms with Gasteiger partial charge in [0.2, 0.25) is 0 Å². The molecule has 1 aliphatic heterocycles. The molecule has 1 rings (SSSR count). The van der Waals surface area contributed by atoms with Crippen LogP contribution in [-0.4, -0.2) is 22.4 Å². The highest BCUT2D eigenvalue weighted by atomic mass is 32.1. The van der Waals surface area contributed by atoms with E-state index in [1.165, 1.54) is 0 Å². The Hall–Kier alpha value is -1.03. The maximum absolute atomic E-state index is 4.37. The van der Waals surface area contributed by atoms with Crippen molar-refractivity contribution in [3.63, 3.8) is 0 Å². The molecule has 76 valence electrons. The standard InChI is InChI=1S/C10H15N3S/c1-5-9-10(12-7(2)3)8(4)13(14)6-11-9/h5-6,8,14H,2H2,1,3-4H3/b9-5+,12-10?. The second kappa shape index (κ2) is 4.46. The van der Waals surface area contributed by atoms with Crippen LogP contribution in [0.1, 0.15) is 20.8 Å². The molecule has 0 aliphatic carbocycles. The van der Waals surface area contributed by atoms with Crippen molar-refractivity contribution in [3.8, 4) is 0 Å². The predicted molar refractivity (Wildman–Crippen MR) is 64.8 cm³/mol. The topological polar surface area (TPSA) is 28.0 Å². The molecule has 0 radical (unpaired) electrons. The first-order valence-electron chi connectivity index (χ1n) is 4.48. The quantitative estimate of drug-likeness (QED) is 0.660. The third-order valence-electron chi connectivity index (χ3n) is 1.95. The molecule has 0 N–H and O–H groups in total. The summed E-state index contributed by atoms with van der Waals surface area (Å²) in [6.07, 6.45) is 3.64. The minimum absolute atomic E-state index is 0.124. The van der Waals surface area contributed by atoms with E-state index in [4.69, 9.17) is 0 Å². The SMILES string of the molecule is C=C(C)N=C1/C(=C\C)N=CN(S)C1C. The predicted octanol–water partition coefficient (Wildman–Crippen LogP) is 2.44. The van der Waals surface area contributed by atoms with Gasteiger partial charge in [0.05, 0.1) is 17.5 Å². The fourth-order valence-electron chi connectivity index (χ4n) is 1.21. The van der Waals surface area contributed by atoms with Crippen LogP contribution in [0.4, 0.5) is 0 Å². The van der Waals surface area contributed by atoms with E-state index in [9.17, 15) is 0 Å². The molecule has 1 heterocycles. The third kappa shape index (κ3) is 2.26. The average molecular weight is 209 g/mol. The normalized spacial score (nSPS) is 27.4. The minimum Gasteiger partial charge on any atom is -0.300 e. The number of rotatable bonds is 1. The highest BCUT2D eigenvalue weighted by molar-refractivity contribution is 7.78. The number of aliphatic imine (C=N–C) groups is 2. The van der Waals surface area contributed by atoms with E-state index < -0.39 is 0 Å². The van der Waals surface area contributed by atoms with Gasteiger partial charge in [0.1, 0.15) is 6.34 Å². The molecule has 0 spiro atoms. The van der Waals surface area contributed by atoms with Crippen LogP contribution in [0.15, 0.2) is 34.0 Å². The Bertz CT molecular complexity index is 328. The number of thiol groups is 1. The molecule has 0 saturated heterocycles. The molecular formula is C10H15N3S. The van der Waals surface area contributed by atoms with Crippen LogP contribution in [0.2, 0.25) is 0 Å². The zero-order chi connectivity index (χ0) is 10.7. The van der Waals surface area contributed by atoms with Gasteiger partial charge in [-0.15, -0.1) is 0 Å². The first-order valence-corrected chi connectivity index (χ1v) is 4.88. The zero-order valence-electron chi connectivity index (χ0n) is 8.73. The van der Waals surface area contributed by atoms with Crippen LogP contribution in [0.25, 0.3) is 0 Å². The molecule has 0 aromatic carbocycles. The molecule has 3 nitrogen and oxygen atoms in total. The highest BCUT2D eigenvalue weighted by Crippen LogP contribution is 2.17. The summed E-state index contributed by atoms with van der Waals surface area (Å²) >= 11 is 4.26. The first-order chi connectivity index (χ1) is 6.56. The van der Waals surface area contributed by atoms with E-state index >= 15 is 0 Å². The van der Waals surface area contributed by atoms with Crippen LogP contribution in [0.5, 0.6) is 0 Å². The van der Waals surface area contributed by atoms with Crippen LogP contribution in [-0.2, 0) is 0 Å². The van der Waals surface area contributed by atoms with Crippen molar-refractivity contribution in [1.29, 1.82) is 0 Å². The molecule has 1 atom stereocenters. The van der Waals surface area contributed by atoms with Crippen molar-refractivity contribution in [3.05, 3.63) is 24.0 Å². The lowest BCUT2D eigenvalue weighted by atomic mass is 10.1. The van der Waals surface area contributed by atoms with Gasteiger partial charge in [0.25, 0.3) is 0 Å². The Kier molecular flexibility index (Phi) is 3.52. The molecule has 0 bridgehead atoms. The summed E-state index contributed by atoms with van der Waals surface area (Å²) in [4.78, 5) is 8.60. The van der Waals surface area contributed by atoms with Gasteiger partial charge in [0.15, 0.2) is 0 Å². The lowest BCUT2D eigenvalue weighted by Gasteiger charge is -2.27. The van der Waals surface area contributed by atoms with Crippen LogP contribution < -0.4 is 0 Å². The van der Waals surface area contributed by atoms with Gasteiger partial charge in [-0.05, 0) is 20.8 Å². The fraction of sp³-hybridized carbons (Fsp3) is 0.400. The minimum atomic E-state index is 0.124. The molecule has 14 heavy (non-hydrogen) atoms. The summed E-state index contributed by atoms with van der Waals surface area (Å²) in [6, 6.07) is 0.124. The highest BCUT2D eigenvalue weighted by Gasteiger charge is 2.22. The Balaban J connectivity index is 3.12. The van der Waals surface area contributed by atoms with Crippen LogP contribution in [0, 0.1) is 0 Å². The maximum Gasteiger partial charge on any atom is 0.102 e. The van der Waals surface area contributed by atoms with Gasteiger partial charge < -0.3 is 4.31 Å². The Labute approximate surface area is 90.5 Å². The molecule has 0 amide bonds. The number of hydrogen-bond donors (Lipinski definition) is 1. The van der Waals surface area contributed by atoms with Crippen LogP contribution in [0.3, 0.4) is 0 Å². The van der Waals surface area contributed by atoms with E-state index in [2.05, 4.69) is 29.4 Å². The Morgan fingerprint density at radius 1 is 1.79 bits per heavy atom. The summed E-state index contributed by atoms with van der Waals surface area (Å²) in [5, 5.41) is 0. The van der Waals surface area contributed by atoms with Crippen molar-refractivity contribution in [2.24, 2.45) is 9.98 Å². The average Bonchev–Trinajstić information content (AvgIpc) is 2.13. The van der Waals surface area contributed by atoms with Crippen LogP contribution >= 0.6 is 12.8 Å². The molecule has 0 fully saturated rings. The Morgan fingerprint density at radius 2 is 2.43 bits per heavy atom. The number of hydrogen-bond acceptors (Lipinski definition) is 4. The van der Waals surface area contributed by atoms with E-state index in [1.54, 1.807) is 10.6 Å². The van der Waals surface area contributed by atoms with Crippen molar-refractivity contribution < 1.29 is 0 Å². The second-order valence-electron chi connectivity index (χ2n) is 3.21. The largest absolute Gasteiger partial charge is 0.300 e. The fourth-order valence-corrected chi connectivity index (χ4v) is 1.37. The summed E-state index contributed by atoms with van der Waals surface area (Å²) in [5.74, 6) is 0. The first kappa shape index (κ1) is 11.0.